The SMILES string of the molecule is O=C(N[C@H](c1ccc(F)cc1)C1CC1)N1CCC[C@H]1c1ccc[nH]1. The number of benzene rings is 1. The summed E-state index contributed by atoms with van der Waals surface area (Å²) >= 11 is 0. The van der Waals surface area contributed by atoms with Gasteiger partial charge in [0.2, 0.25) is 0 Å². The molecule has 2 aromatic rings. The van der Waals surface area contributed by atoms with Crippen LogP contribution in [-0.4, -0.2) is 22.5 Å². The molecule has 2 amide bonds. The Morgan fingerprint density at radius 2 is 2.00 bits per heavy atom. The molecule has 2 fully saturated rings. The molecule has 2 aliphatic rings. The molecular weight excluding hydrogens is 305 g/mol. The lowest BCUT2D eigenvalue weighted by Crippen LogP contribution is -2.42. The van der Waals surface area contributed by atoms with Crippen LogP contribution in [0, 0.1) is 11.7 Å². The number of rotatable bonds is 4. The van der Waals surface area contributed by atoms with E-state index in [4.69, 9.17) is 0 Å². The Kier molecular flexibility index (Phi) is 4.00. The highest BCUT2D eigenvalue weighted by molar-refractivity contribution is 5.75. The average Bonchev–Trinajstić information content (AvgIpc) is 3.09. The maximum absolute atomic E-state index is 13.2. The molecule has 2 atom stereocenters. The molecule has 0 spiro atoms. The molecule has 5 heteroatoms. The van der Waals surface area contributed by atoms with Gasteiger partial charge < -0.3 is 15.2 Å². The van der Waals surface area contributed by atoms with Gasteiger partial charge >= 0.3 is 6.03 Å². The number of likely N-dealkylation sites (tertiary alicyclic amines) is 1. The zero-order valence-corrected chi connectivity index (χ0v) is 13.5. The fourth-order valence-corrected chi connectivity index (χ4v) is 3.67. The summed E-state index contributed by atoms with van der Waals surface area (Å²) in [7, 11) is 0. The molecular formula is C19H22FN3O. The average molecular weight is 327 g/mol. The fraction of sp³-hybridized carbons (Fsp3) is 0.421. The number of nitrogens with zero attached hydrogens (tertiary/aromatic N) is 1. The third-order valence-corrected chi connectivity index (χ3v) is 5.10. The number of amides is 2. The van der Waals surface area contributed by atoms with Crippen molar-refractivity contribution in [2.24, 2.45) is 5.92 Å². The quantitative estimate of drug-likeness (QED) is 0.870. The number of halogens is 1. The molecule has 2 N–H and O–H groups in total. The number of H-pyrrole nitrogens is 1. The van der Waals surface area contributed by atoms with Crippen LogP contribution in [0.3, 0.4) is 0 Å². The van der Waals surface area contributed by atoms with Gasteiger partial charge in [-0.05, 0) is 61.4 Å². The van der Waals surface area contributed by atoms with Crippen LogP contribution < -0.4 is 5.32 Å². The lowest BCUT2D eigenvalue weighted by molar-refractivity contribution is 0.186. The molecule has 126 valence electrons. The molecule has 1 aliphatic carbocycles. The standard InChI is InChI=1S/C19H22FN3O/c20-15-9-7-14(8-10-15)18(13-5-6-13)22-19(24)23-12-2-4-17(23)16-3-1-11-21-16/h1,3,7-11,13,17-18,21H,2,4-6,12H2,(H,22,24)/t17-,18-/m0/s1. The minimum atomic E-state index is -0.244. The first-order chi connectivity index (χ1) is 11.7. The maximum Gasteiger partial charge on any atom is 0.318 e. The van der Waals surface area contributed by atoms with Crippen molar-refractivity contribution in [1.29, 1.82) is 0 Å². The molecule has 1 aromatic carbocycles. The highest BCUT2D eigenvalue weighted by Crippen LogP contribution is 2.41. The Bertz CT molecular complexity index is 694. The summed E-state index contributed by atoms with van der Waals surface area (Å²) in [5.74, 6) is 0.219. The molecule has 0 bridgehead atoms. The third-order valence-electron chi connectivity index (χ3n) is 5.10. The zero-order chi connectivity index (χ0) is 16.5. The molecule has 24 heavy (non-hydrogen) atoms. The molecule has 1 saturated carbocycles. The molecule has 4 nitrogen and oxygen atoms in total. The van der Waals surface area contributed by atoms with Crippen molar-refractivity contribution in [3.05, 3.63) is 59.7 Å². The van der Waals surface area contributed by atoms with Crippen LogP contribution in [0.1, 0.15) is 49.0 Å². The van der Waals surface area contributed by atoms with Crippen molar-refractivity contribution in [2.45, 2.75) is 37.8 Å². The number of aromatic amines is 1. The van der Waals surface area contributed by atoms with Crippen LogP contribution in [0.4, 0.5) is 9.18 Å². The first kappa shape index (κ1) is 15.2. The Morgan fingerprint density at radius 1 is 1.21 bits per heavy atom. The maximum atomic E-state index is 13.2. The second-order valence-corrected chi connectivity index (χ2v) is 6.79. The number of aromatic nitrogens is 1. The minimum Gasteiger partial charge on any atom is -0.363 e. The van der Waals surface area contributed by atoms with Gasteiger partial charge in [-0.2, -0.15) is 0 Å². The van der Waals surface area contributed by atoms with E-state index in [1.807, 2.05) is 23.2 Å². The molecule has 1 aliphatic heterocycles. The van der Waals surface area contributed by atoms with Crippen LogP contribution in [0.25, 0.3) is 0 Å². The number of carbonyl (C=O) groups excluding carboxylic acids is 1. The summed E-state index contributed by atoms with van der Waals surface area (Å²) < 4.78 is 13.2. The van der Waals surface area contributed by atoms with Crippen molar-refractivity contribution in [3.8, 4) is 0 Å². The number of hydrogen-bond acceptors (Lipinski definition) is 1. The summed E-state index contributed by atoms with van der Waals surface area (Å²) in [6, 6.07) is 10.6. The topological polar surface area (TPSA) is 48.1 Å². The smallest absolute Gasteiger partial charge is 0.318 e. The van der Waals surface area contributed by atoms with Crippen molar-refractivity contribution in [1.82, 2.24) is 15.2 Å². The predicted molar refractivity (Wildman–Crippen MR) is 89.9 cm³/mol. The molecule has 0 unspecified atom stereocenters. The van der Waals surface area contributed by atoms with Gasteiger partial charge in [0, 0.05) is 18.4 Å². The Morgan fingerprint density at radius 3 is 2.67 bits per heavy atom. The van der Waals surface area contributed by atoms with E-state index in [1.54, 1.807) is 12.1 Å². The molecule has 0 radical (unpaired) electrons. The third kappa shape index (κ3) is 3.03. The number of nitrogens with one attached hydrogen (secondary N) is 2. The number of carbonyl (C=O) groups is 1. The highest BCUT2D eigenvalue weighted by atomic mass is 19.1. The second kappa shape index (κ2) is 6.30. The van der Waals surface area contributed by atoms with Crippen molar-refractivity contribution in [3.63, 3.8) is 0 Å². The van der Waals surface area contributed by atoms with E-state index in [-0.39, 0.29) is 23.9 Å². The van der Waals surface area contributed by atoms with Gasteiger partial charge in [0.05, 0.1) is 12.1 Å². The van der Waals surface area contributed by atoms with Crippen LogP contribution in [0.2, 0.25) is 0 Å². The summed E-state index contributed by atoms with van der Waals surface area (Å²) in [4.78, 5) is 18.0. The molecule has 4 rings (SSSR count). The first-order valence-electron chi connectivity index (χ1n) is 8.68. The van der Waals surface area contributed by atoms with Crippen molar-refractivity contribution in [2.75, 3.05) is 6.54 Å². The first-order valence-corrected chi connectivity index (χ1v) is 8.68. The van der Waals surface area contributed by atoms with E-state index in [1.165, 1.54) is 12.1 Å². The zero-order valence-electron chi connectivity index (χ0n) is 13.5. The van der Waals surface area contributed by atoms with E-state index in [0.717, 1.165) is 43.5 Å². The van der Waals surface area contributed by atoms with Gasteiger partial charge in [-0.15, -0.1) is 0 Å². The van der Waals surface area contributed by atoms with Gasteiger partial charge in [0.25, 0.3) is 0 Å². The van der Waals surface area contributed by atoms with Crippen LogP contribution in [0.15, 0.2) is 42.6 Å². The van der Waals surface area contributed by atoms with E-state index < -0.39 is 0 Å². The van der Waals surface area contributed by atoms with Gasteiger partial charge in [0.1, 0.15) is 5.82 Å². The van der Waals surface area contributed by atoms with Gasteiger partial charge in [0.15, 0.2) is 0 Å². The number of hydrogen-bond donors (Lipinski definition) is 2. The summed E-state index contributed by atoms with van der Waals surface area (Å²) in [6.07, 6.45) is 6.13. The van der Waals surface area contributed by atoms with E-state index >= 15 is 0 Å². The molecule has 1 saturated heterocycles. The number of urea groups is 1. The van der Waals surface area contributed by atoms with E-state index in [0.29, 0.717) is 5.92 Å². The van der Waals surface area contributed by atoms with Gasteiger partial charge in [-0.25, -0.2) is 9.18 Å². The largest absolute Gasteiger partial charge is 0.363 e. The highest BCUT2D eigenvalue weighted by Gasteiger charge is 2.37. The normalized spacial score (nSPS) is 21.7. The van der Waals surface area contributed by atoms with Crippen molar-refractivity contribution < 1.29 is 9.18 Å². The Labute approximate surface area is 141 Å². The van der Waals surface area contributed by atoms with E-state index in [2.05, 4.69) is 10.3 Å². The second-order valence-electron chi connectivity index (χ2n) is 6.79. The predicted octanol–water partition coefficient (Wildman–Crippen LogP) is 4.15. The molecule has 1 aromatic heterocycles. The fourth-order valence-electron chi connectivity index (χ4n) is 3.67. The van der Waals surface area contributed by atoms with Crippen LogP contribution in [0.5, 0.6) is 0 Å². The lowest BCUT2D eigenvalue weighted by atomic mass is 10.0. The summed E-state index contributed by atoms with van der Waals surface area (Å²) in [6.45, 7) is 0.774. The lowest BCUT2D eigenvalue weighted by Gasteiger charge is -2.28. The monoisotopic (exact) mass is 327 g/mol. The van der Waals surface area contributed by atoms with Crippen LogP contribution in [-0.2, 0) is 0 Å². The van der Waals surface area contributed by atoms with Gasteiger partial charge in [-0.1, -0.05) is 12.1 Å². The van der Waals surface area contributed by atoms with Crippen molar-refractivity contribution >= 4 is 6.03 Å². The van der Waals surface area contributed by atoms with E-state index in [9.17, 15) is 9.18 Å². The summed E-state index contributed by atoms with van der Waals surface area (Å²) in [5, 5.41) is 3.20. The van der Waals surface area contributed by atoms with Crippen LogP contribution >= 0.6 is 0 Å². The Hall–Kier alpha value is -2.30. The minimum absolute atomic E-state index is 0.0201. The summed E-state index contributed by atoms with van der Waals surface area (Å²) in [5.41, 5.74) is 2.08. The molecule has 2 heterocycles. The van der Waals surface area contributed by atoms with Gasteiger partial charge in [-0.3, -0.25) is 0 Å². The Balaban J connectivity index is 1.50.